The fourth-order valence-corrected chi connectivity index (χ4v) is 3.30. The SMILES string of the molecule is CCCCC(O)CCC(=O)N1CCCC(N2CCNC2=O)C1. The minimum atomic E-state index is -0.367. The van der Waals surface area contributed by atoms with Crippen LogP contribution in [-0.4, -0.2) is 65.2 Å². The first-order valence-corrected chi connectivity index (χ1v) is 8.62. The van der Waals surface area contributed by atoms with Crippen molar-refractivity contribution in [3.63, 3.8) is 0 Å². The zero-order chi connectivity index (χ0) is 15.9. The van der Waals surface area contributed by atoms with Crippen molar-refractivity contribution >= 4 is 11.9 Å². The highest BCUT2D eigenvalue weighted by atomic mass is 16.3. The second-order valence-corrected chi connectivity index (χ2v) is 6.40. The van der Waals surface area contributed by atoms with Crippen LogP contribution in [0, 0.1) is 0 Å². The van der Waals surface area contributed by atoms with Gasteiger partial charge in [0.25, 0.3) is 0 Å². The van der Waals surface area contributed by atoms with Gasteiger partial charge in [-0.1, -0.05) is 19.8 Å². The third-order valence-electron chi connectivity index (χ3n) is 4.66. The van der Waals surface area contributed by atoms with Crippen LogP contribution in [0.15, 0.2) is 0 Å². The van der Waals surface area contributed by atoms with Gasteiger partial charge in [-0.2, -0.15) is 0 Å². The zero-order valence-electron chi connectivity index (χ0n) is 13.6. The number of piperidine rings is 1. The molecule has 0 radical (unpaired) electrons. The highest BCUT2D eigenvalue weighted by Crippen LogP contribution is 2.19. The van der Waals surface area contributed by atoms with Crippen molar-refractivity contribution in [2.24, 2.45) is 0 Å². The van der Waals surface area contributed by atoms with E-state index in [1.807, 2.05) is 9.80 Å². The highest BCUT2D eigenvalue weighted by Gasteiger charge is 2.32. The number of unbranched alkanes of at least 4 members (excludes halogenated alkanes) is 1. The Bertz CT molecular complexity index is 389. The molecule has 3 amide bonds. The molecule has 0 aromatic carbocycles. The van der Waals surface area contributed by atoms with Crippen molar-refractivity contribution in [3.8, 4) is 0 Å². The average Bonchev–Trinajstić information content (AvgIpc) is 2.96. The van der Waals surface area contributed by atoms with Gasteiger partial charge in [-0.05, 0) is 25.7 Å². The third-order valence-corrected chi connectivity index (χ3v) is 4.66. The molecule has 2 rings (SSSR count). The molecular formula is C16H29N3O3. The van der Waals surface area contributed by atoms with E-state index in [1.54, 1.807) is 0 Å². The number of likely N-dealkylation sites (tertiary alicyclic amines) is 1. The van der Waals surface area contributed by atoms with Crippen LogP contribution in [0.25, 0.3) is 0 Å². The Hall–Kier alpha value is -1.30. The first-order chi connectivity index (χ1) is 10.6. The summed E-state index contributed by atoms with van der Waals surface area (Å²) in [7, 11) is 0. The highest BCUT2D eigenvalue weighted by molar-refractivity contribution is 5.78. The Balaban J connectivity index is 1.76. The molecule has 22 heavy (non-hydrogen) atoms. The van der Waals surface area contributed by atoms with Crippen LogP contribution >= 0.6 is 0 Å². The van der Waals surface area contributed by atoms with Crippen LogP contribution in [0.2, 0.25) is 0 Å². The fraction of sp³-hybridized carbons (Fsp3) is 0.875. The predicted octanol–water partition coefficient (Wildman–Crippen LogP) is 1.33. The minimum Gasteiger partial charge on any atom is -0.393 e. The number of nitrogens with zero attached hydrogens (tertiary/aromatic N) is 2. The second kappa shape index (κ2) is 8.36. The lowest BCUT2D eigenvalue weighted by molar-refractivity contribution is -0.133. The molecule has 6 nitrogen and oxygen atoms in total. The van der Waals surface area contributed by atoms with Crippen LogP contribution in [0.4, 0.5) is 4.79 Å². The molecule has 2 atom stereocenters. The molecule has 0 aromatic heterocycles. The Kier molecular flexibility index (Phi) is 6.49. The first-order valence-electron chi connectivity index (χ1n) is 8.62. The topological polar surface area (TPSA) is 72.9 Å². The summed E-state index contributed by atoms with van der Waals surface area (Å²) in [5, 5.41) is 12.7. The van der Waals surface area contributed by atoms with E-state index in [-0.39, 0.29) is 24.1 Å². The molecule has 2 N–H and O–H groups in total. The molecule has 0 spiro atoms. The van der Waals surface area contributed by atoms with Crippen LogP contribution in [0.5, 0.6) is 0 Å². The number of aliphatic hydroxyl groups excluding tert-OH is 1. The Morgan fingerprint density at radius 1 is 1.41 bits per heavy atom. The molecule has 6 heteroatoms. The quantitative estimate of drug-likeness (QED) is 0.745. The Morgan fingerprint density at radius 2 is 2.23 bits per heavy atom. The number of carbonyl (C=O) groups is 2. The molecule has 0 aromatic rings. The normalized spacial score (nSPS) is 23.5. The van der Waals surface area contributed by atoms with E-state index < -0.39 is 0 Å². The van der Waals surface area contributed by atoms with Crippen LogP contribution in [0.1, 0.15) is 51.9 Å². The first kappa shape index (κ1) is 17.1. The Labute approximate surface area is 132 Å². The van der Waals surface area contributed by atoms with Crippen LogP contribution in [0.3, 0.4) is 0 Å². The lowest BCUT2D eigenvalue weighted by Gasteiger charge is -2.37. The molecule has 0 saturated carbocycles. The van der Waals surface area contributed by atoms with Crippen molar-refractivity contribution in [2.45, 2.75) is 64.0 Å². The van der Waals surface area contributed by atoms with Gasteiger partial charge >= 0.3 is 6.03 Å². The van der Waals surface area contributed by atoms with Crippen LogP contribution < -0.4 is 5.32 Å². The number of hydrogen-bond acceptors (Lipinski definition) is 3. The average molecular weight is 311 g/mol. The molecule has 2 aliphatic heterocycles. The summed E-state index contributed by atoms with van der Waals surface area (Å²) in [5.74, 6) is 0.111. The molecule has 126 valence electrons. The minimum absolute atomic E-state index is 0.00529. The van der Waals surface area contributed by atoms with Gasteiger partial charge in [0.1, 0.15) is 0 Å². The number of nitrogens with one attached hydrogen (secondary N) is 1. The van der Waals surface area contributed by atoms with Gasteiger partial charge < -0.3 is 20.2 Å². The van der Waals surface area contributed by atoms with E-state index >= 15 is 0 Å². The molecule has 2 saturated heterocycles. The maximum Gasteiger partial charge on any atom is 0.317 e. The number of rotatable bonds is 7. The van der Waals surface area contributed by atoms with Crippen molar-refractivity contribution < 1.29 is 14.7 Å². The predicted molar refractivity (Wildman–Crippen MR) is 84.5 cm³/mol. The Morgan fingerprint density at radius 3 is 2.91 bits per heavy atom. The van der Waals surface area contributed by atoms with Gasteiger partial charge in [0.05, 0.1) is 12.1 Å². The molecule has 2 aliphatic rings. The van der Waals surface area contributed by atoms with E-state index in [0.29, 0.717) is 25.9 Å². The van der Waals surface area contributed by atoms with E-state index in [1.165, 1.54) is 0 Å². The molecule has 2 unspecified atom stereocenters. The van der Waals surface area contributed by atoms with Gasteiger partial charge in [0, 0.05) is 32.6 Å². The number of aliphatic hydroxyl groups is 1. The van der Waals surface area contributed by atoms with Gasteiger partial charge in [0.15, 0.2) is 0 Å². The smallest absolute Gasteiger partial charge is 0.317 e. The van der Waals surface area contributed by atoms with Gasteiger partial charge in [-0.25, -0.2) is 4.79 Å². The summed E-state index contributed by atoms with van der Waals surface area (Å²) in [6.45, 7) is 4.95. The maximum absolute atomic E-state index is 12.3. The van der Waals surface area contributed by atoms with Gasteiger partial charge in [-0.15, -0.1) is 0 Å². The molecule has 0 bridgehead atoms. The van der Waals surface area contributed by atoms with Gasteiger partial charge in [0.2, 0.25) is 5.91 Å². The van der Waals surface area contributed by atoms with Crippen molar-refractivity contribution in [2.75, 3.05) is 26.2 Å². The molecule has 0 aliphatic carbocycles. The second-order valence-electron chi connectivity index (χ2n) is 6.40. The summed E-state index contributed by atoms with van der Waals surface area (Å²) in [6.07, 6.45) is 5.35. The number of amides is 3. The van der Waals surface area contributed by atoms with Crippen LogP contribution in [-0.2, 0) is 4.79 Å². The zero-order valence-corrected chi connectivity index (χ0v) is 13.6. The standard InChI is InChI=1S/C16H29N3O3/c1-2-3-6-14(20)7-8-15(21)18-10-4-5-13(12-18)19-11-9-17-16(19)22/h13-14,20H,2-12H2,1H3,(H,17,22). The van der Waals surface area contributed by atoms with E-state index in [2.05, 4.69) is 12.2 Å². The van der Waals surface area contributed by atoms with Crippen molar-refractivity contribution in [1.82, 2.24) is 15.1 Å². The lowest BCUT2D eigenvalue weighted by atomic mass is 10.0. The molecule has 2 fully saturated rings. The van der Waals surface area contributed by atoms with Crippen molar-refractivity contribution in [3.05, 3.63) is 0 Å². The summed E-state index contributed by atoms with van der Waals surface area (Å²) >= 11 is 0. The molecule has 2 heterocycles. The van der Waals surface area contributed by atoms with E-state index in [0.717, 1.165) is 45.2 Å². The third kappa shape index (κ3) is 4.60. The molecular weight excluding hydrogens is 282 g/mol. The summed E-state index contributed by atoms with van der Waals surface area (Å²) in [5.41, 5.74) is 0. The van der Waals surface area contributed by atoms with E-state index in [4.69, 9.17) is 0 Å². The van der Waals surface area contributed by atoms with E-state index in [9.17, 15) is 14.7 Å². The monoisotopic (exact) mass is 311 g/mol. The van der Waals surface area contributed by atoms with Gasteiger partial charge in [-0.3, -0.25) is 4.79 Å². The fourth-order valence-electron chi connectivity index (χ4n) is 3.30. The number of urea groups is 1. The summed E-state index contributed by atoms with van der Waals surface area (Å²) in [4.78, 5) is 27.8. The lowest BCUT2D eigenvalue weighted by Crippen LogP contribution is -2.50. The largest absolute Gasteiger partial charge is 0.393 e. The number of hydrogen-bond donors (Lipinski definition) is 2. The van der Waals surface area contributed by atoms with Crippen molar-refractivity contribution in [1.29, 1.82) is 0 Å². The summed E-state index contributed by atoms with van der Waals surface area (Å²) in [6, 6.07) is 0.138. The number of carbonyl (C=O) groups excluding carboxylic acids is 2. The maximum atomic E-state index is 12.3. The summed E-state index contributed by atoms with van der Waals surface area (Å²) < 4.78 is 0.